The zero-order chi connectivity index (χ0) is 66.8. The number of rotatable bonds is 57. The van der Waals surface area contributed by atoms with Crippen molar-refractivity contribution in [1.29, 1.82) is 0 Å². The van der Waals surface area contributed by atoms with Crippen LogP contribution < -0.4 is 5.32 Å². The van der Waals surface area contributed by atoms with Gasteiger partial charge in [0.2, 0.25) is 5.91 Å². The lowest BCUT2D eigenvalue weighted by Gasteiger charge is -2.48. The number of ether oxygens (including phenoxy) is 6. The lowest BCUT2D eigenvalue weighted by Crippen LogP contribution is -2.66. The maximum absolute atomic E-state index is 13.4. The first-order valence-electron chi connectivity index (χ1n) is 36.9. The first-order valence-corrected chi connectivity index (χ1v) is 36.9. The van der Waals surface area contributed by atoms with Gasteiger partial charge in [0, 0.05) is 6.42 Å². The van der Waals surface area contributed by atoms with E-state index in [9.17, 15) is 61.0 Å². The summed E-state index contributed by atoms with van der Waals surface area (Å²) in [5, 5.41) is 121. The molecule has 92 heavy (non-hydrogen) atoms. The summed E-state index contributed by atoms with van der Waals surface area (Å²) in [6, 6.07) is -0.978. The zero-order valence-electron chi connectivity index (χ0n) is 57.0. The van der Waals surface area contributed by atoms with Gasteiger partial charge in [-0.1, -0.05) is 262 Å². The zero-order valence-corrected chi connectivity index (χ0v) is 57.0. The van der Waals surface area contributed by atoms with Crippen LogP contribution in [0.4, 0.5) is 0 Å². The van der Waals surface area contributed by atoms with Crippen LogP contribution >= 0.6 is 0 Å². The van der Waals surface area contributed by atoms with Crippen LogP contribution in [-0.2, 0) is 33.2 Å². The molecule has 19 heteroatoms. The van der Waals surface area contributed by atoms with E-state index in [-0.39, 0.29) is 18.9 Å². The van der Waals surface area contributed by atoms with E-state index in [2.05, 4.69) is 55.6 Å². The molecule has 0 spiro atoms. The number of unbranched alkanes of at least 4 members (excludes halogenated alkanes) is 35. The second-order valence-electron chi connectivity index (χ2n) is 26.4. The minimum Gasteiger partial charge on any atom is -0.394 e. The van der Waals surface area contributed by atoms with Crippen molar-refractivity contribution in [2.24, 2.45) is 0 Å². The summed E-state index contributed by atoms with van der Waals surface area (Å²) in [4.78, 5) is 13.4. The number of allylic oxidation sites excluding steroid dienone is 7. The van der Waals surface area contributed by atoms with E-state index >= 15 is 0 Å². The maximum atomic E-state index is 13.4. The molecule has 0 aliphatic carbocycles. The highest BCUT2D eigenvalue weighted by Gasteiger charge is 2.53. The van der Waals surface area contributed by atoms with Crippen molar-refractivity contribution >= 4 is 5.91 Å². The molecule has 3 fully saturated rings. The summed E-state index contributed by atoms with van der Waals surface area (Å²) < 4.78 is 34.4. The second kappa shape index (κ2) is 54.7. The molecule has 3 aliphatic rings. The van der Waals surface area contributed by atoms with Crippen LogP contribution in [0.1, 0.15) is 277 Å². The van der Waals surface area contributed by atoms with E-state index in [0.717, 1.165) is 70.6 Å². The Morgan fingerprint density at radius 2 is 0.717 bits per heavy atom. The normalized spacial score (nSPS) is 27.9. The van der Waals surface area contributed by atoms with Gasteiger partial charge in [0.05, 0.1) is 38.6 Å². The average Bonchev–Trinajstić information content (AvgIpc) is 0.837. The number of carbonyl (C=O) groups is 1. The molecule has 538 valence electrons. The molecular weight excluding hydrogens is 1180 g/mol. The van der Waals surface area contributed by atoms with Crippen molar-refractivity contribution in [1.82, 2.24) is 5.32 Å². The van der Waals surface area contributed by atoms with Gasteiger partial charge in [-0.25, -0.2) is 0 Å². The lowest BCUT2D eigenvalue weighted by molar-refractivity contribution is -0.379. The van der Waals surface area contributed by atoms with E-state index in [4.69, 9.17) is 28.4 Å². The van der Waals surface area contributed by atoms with Gasteiger partial charge in [-0.05, 0) is 57.8 Å². The molecule has 17 atom stereocenters. The monoisotopic (exact) mass is 1310 g/mol. The number of carbonyl (C=O) groups excluding carboxylic acids is 1. The molecule has 17 unspecified atom stereocenters. The fourth-order valence-electron chi connectivity index (χ4n) is 12.4. The number of amides is 1. The molecule has 12 N–H and O–H groups in total. The van der Waals surface area contributed by atoms with Crippen LogP contribution in [-0.4, -0.2) is 193 Å². The molecule has 1 amide bonds. The highest BCUT2D eigenvalue weighted by atomic mass is 16.8. The third-order valence-electron chi connectivity index (χ3n) is 18.4. The molecule has 3 saturated heterocycles. The third-order valence-corrected chi connectivity index (χ3v) is 18.4. The highest BCUT2D eigenvalue weighted by Crippen LogP contribution is 2.33. The number of aliphatic hydroxyl groups is 11. The smallest absolute Gasteiger partial charge is 0.220 e. The molecule has 0 aromatic carbocycles. The average molecular weight is 1310 g/mol. The second-order valence-corrected chi connectivity index (χ2v) is 26.4. The van der Waals surface area contributed by atoms with Crippen molar-refractivity contribution in [3.05, 3.63) is 48.6 Å². The fourth-order valence-corrected chi connectivity index (χ4v) is 12.4. The van der Waals surface area contributed by atoms with Crippen LogP contribution in [0.15, 0.2) is 48.6 Å². The fraction of sp³-hybridized carbons (Fsp3) is 0.877. The molecule has 0 aromatic heterocycles. The Morgan fingerprint density at radius 3 is 1.12 bits per heavy atom. The summed E-state index contributed by atoms with van der Waals surface area (Å²) >= 11 is 0. The molecule has 19 nitrogen and oxygen atoms in total. The van der Waals surface area contributed by atoms with Gasteiger partial charge in [0.15, 0.2) is 18.9 Å². The summed E-state index contributed by atoms with van der Waals surface area (Å²) in [7, 11) is 0. The number of hydrogen-bond acceptors (Lipinski definition) is 18. The molecule has 3 aliphatic heterocycles. The van der Waals surface area contributed by atoms with E-state index in [1.807, 2.05) is 6.08 Å². The minimum atomic E-state index is -1.98. The standard InChI is InChI=1S/C73H133NO18/c1-3-5-7-9-11-13-15-17-19-21-23-25-27-28-29-31-33-35-37-39-41-43-45-47-49-51-61(79)74-56(57(78)50-48-46-44-42-40-38-36-34-32-30-26-24-22-20-18-16-14-12-10-8-6-4-2)55-87-71-67(85)64(82)69(59(53-76)89-71)92-73-68(86)65(83)70(60(54-77)90-73)91-72-66(84)63(81)62(80)58(52-75)88-72/h15,17,21,23,27-28,48,50,56-60,62-73,75-78,80-86H,3-14,16,18-20,22,24-26,29-47,49,51-55H2,1-2H3,(H,74,79)/b17-15-,23-21-,28-27-,50-48+. The molecular formula is C73H133NO18. The molecule has 0 saturated carbocycles. The Hall–Kier alpha value is -2.25. The van der Waals surface area contributed by atoms with E-state index < -0.39 is 124 Å². The quantitative estimate of drug-likeness (QED) is 0.0199. The maximum Gasteiger partial charge on any atom is 0.220 e. The summed E-state index contributed by atoms with van der Waals surface area (Å²) in [5.41, 5.74) is 0. The Bertz CT molecular complexity index is 1860. The van der Waals surface area contributed by atoms with Gasteiger partial charge in [0.1, 0.15) is 73.2 Å². The van der Waals surface area contributed by atoms with Crippen LogP contribution in [0, 0.1) is 0 Å². The Morgan fingerprint density at radius 1 is 0.391 bits per heavy atom. The molecule has 3 heterocycles. The molecule has 0 aromatic rings. The first kappa shape index (κ1) is 84.0. The van der Waals surface area contributed by atoms with Crippen molar-refractivity contribution in [2.75, 3.05) is 26.4 Å². The van der Waals surface area contributed by atoms with Crippen molar-refractivity contribution < 1.29 is 89.4 Å². The number of nitrogens with one attached hydrogen (secondary N) is 1. The summed E-state index contributed by atoms with van der Waals surface area (Å²) in [5.74, 6) is -0.278. The van der Waals surface area contributed by atoms with Crippen LogP contribution in [0.3, 0.4) is 0 Å². The third kappa shape index (κ3) is 35.8. The SMILES string of the molecule is CCCCCCC/C=C\C/C=C\C/C=C\CCCCCCCCCCCCC(=O)NC(COC1OC(CO)C(OC2OC(CO)C(OC3OC(CO)C(O)C(O)C3O)C(O)C2O)C(O)C1O)C(O)/C=C/CCCCCCCCCCCCCCCCCCCCCC. The van der Waals surface area contributed by atoms with Crippen molar-refractivity contribution in [2.45, 2.75) is 381 Å². The first-order chi connectivity index (χ1) is 44.8. The molecule has 0 bridgehead atoms. The van der Waals surface area contributed by atoms with E-state index in [1.54, 1.807) is 6.08 Å². The van der Waals surface area contributed by atoms with E-state index in [0.29, 0.717) is 6.42 Å². The van der Waals surface area contributed by atoms with Crippen LogP contribution in [0.25, 0.3) is 0 Å². The van der Waals surface area contributed by atoms with Gasteiger partial charge < -0.3 is 89.9 Å². The number of hydrogen-bond donors (Lipinski definition) is 12. The van der Waals surface area contributed by atoms with Gasteiger partial charge >= 0.3 is 0 Å². The van der Waals surface area contributed by atoms with Crippen molar-refractivity contribution in [3.8, 4) is 0 Å². The van der Waals surface area contributed by atoms with Gasteiger partial charge in [0.25, 0.3) is 0 Å². The van der Waals surface area contributed by atoms with Crippen molar-refractivity contribution in [3.63, 3.8) is 0 Å². The largest absolute Gasteiger partial charge is 0.394 e. The Kier molecular flexibility index (Phi) is 50.0. The molecule has 0 radical (unpaired) electrons. The Labute approximate surface area is 554 Å². The van der Waals surface area contributed by atoms with E-state index in [1.165, 1.54) is 180 Å². The predicted octanol–water partition coefficient (Wildman–Crippen LogP) is 10.6. The lowest BCUT2D eigenvalue weighted by atomic mass is 9.96. The summed E-state index contributed by atoms with van der Waals surface area (Å²) in [6.07, 6.45) is 39.3. The minimum absolute atomic E-state index is 0.238. The van der Waals surface area contributed by atoms with Gasteiger partial charge in [-0.3, -0.25) is 4.79 Å². The van der Waals surface area contributed by atoms with Gasteiger partial charge in [-0.2, -0.15) is 0 Å². The van der Waals surface area contributed by atoms with Crippen LogP contribution in [0.5, 0.6) is 0 Å². The molecule has 3 rings (SSSR count). The summed E-state index contributed by atoms with van der Waals surface area (Å²) in [6.45, 7) is 1.75. The van der Waals surface area contributed by atoms with Crippen LogP contribution in [0.2, 0.25) is 0 Å². The number of aliphatic hydroxyl groups excluding tert-OH is 11. The Balaban J connectivity index is 1.43. The highest BCUT2D eigenvalue weighted by molar-refractivity contribution is 5.76. The predicted molar refractivity (Wildman–Crippen MR) is 360 cm³/mol. The topological polar surface area (TPSA) is 307 Å². The van der Waals surface area contributed by atoms with Gasteiger partial charge in [-0.15, -0.1) is 0 Å².